The van der Waals surface area contributed by atoms with Gasteiger partial charge in [-0.3, -0.25) is 20.2 Å². The molecule has 0 fully saturated rings. The fourth-order valence-corrected chi connectivity index (χ4v) is 13.2. The molecule has 1 aliphatic rings. The molecule has 712 valence electrons. The Hall–Kier alpha value is -15.4. The predicted molar refractivity (Wildman–Crippen MR) is 519 cm³/mol. The normalized spacial score (nSPS) is 11.8. The molecule has 0 spiro atoms. The molecule has 1 aliphatic heterocycles. The van der Waals surface area contributed by atoms with Gasteiger partial charge in [0.1, 0.15) is 39.6 Å². The Morgan fingerprint density at radius 2 is 0.830 bits per heavy atom. The van der Waals surface area contributed by atoms with Crippen molar-refractivity contribution in [3.63, 3.8) is 0 Å². The molecule has 0 atom stereocenters. The van der Waals surface area contributed by atoms with Gasteiger partial charge in [-0.25, -0.2) is 27.2 Å². The van der Waals surface area contributed by atoms with Crippen LogP contribution in [0.2, 0.25) is 0 Å². The molecule has 0 amide bonds. The lowest BCUT2D eigenvalue weighted by Gasteiger charge is -2.21. The molecule has 2 N–H and O–H groups in total. The van der Waals surface area contributed by atoms with Gasteiger partial charge in [0.05, 0.1) is 21.8 Å². The van der Waals surface area contributed by atoms with Gasteiger partial charge in [0.2, 0.25) is 0 Å². The highest BCUT2D eigenvalue weighted by Crippen LogP contribution is 2.43. The molecule has 0 bridgehead atoms. The number of hydrogen-bond donors (Lipinski definition) is 2. The van der Waals surface area contributed by atoms with Gasteiger partial charge in [-0.15, -0.1) is 0 Å². The van der Waals surface area contributed by atoms with Crippen LogP contribution < -0.4 is 11.3 Å². The minimum atomic E-state index is -1.69. The van der Waals surface area contributed by atoms with E-state index in [2.05, 4.69) is 163 Å². The molecule has 0 saturated carbocycles. The van der Waals surface area contributed by atoms with Crippen molar-refractivity contribution in [2.24, 2.45) is 51.9 Å². The van der Waals surface area contributed by atoms with Gasteiger partial charge in [-0.2, -0.15) is 10.2 Å². The maximum absolute atomic E-state index is 13.6. The molecule has 0 aliphatic carbocycles. The number of rotatable bonds is 11. The lowest BCUT2D eigenvalue weighted by Crippen LogP contribution is -2.23. The standard InChI is InChI=1S/C15H14O3.C14H15N3O2.C10H9F4N3.2C10H12N4O2.2C10H13N3O.C10H13N3.C6H12N2/c1-15(2,3)12-13-10(6-7-17-13)8-9-4-5-11(16)18-14(9)12;1-8-10-6-5-9(16-17-15)7-11(10)19-13(18)12(8)14(2,3)4;1-10(2,3)4-5(11)7(13)9(16-17-15)8(14)6(4)12;1-10(2,3)8-5-4-7(12-13-11)6-9(8)14(15)16;1-10(2,3)7-4-5-8(12-13-11)9(6-7)14(15)16;1-10(2,3)8-5-4-7(12-13-11)6-9(8)14;1-10(2,3)7-4-5-8(12-13-11)9(14)6-7;1-10(2,3)8-4-6-9(7-5-8)12-13-11;1-5(2)4-6(3)7-8-6/h4-8H,1-3H3;5-7H,1-4H3;1-3H3;2*4-6H,1-3H3;2*4-6,14H,1-3H3;4-7H,1-3H3;5H,4H2,1-3H3. The summed E-state index contributed by atoms with van der Waals surface area (Å²) < 4.78 is 70.2. The molecule has 12 rings (SSSR count). The molecule has 0 unspecified atom stereocenters. The Morgan fingerprint density at radius 1 is 0.415 bits per heavy atom. The summed E-state index contributed by atoms with van der Waals surface area (Å²) in [5.74, 6) is -5.55. The van der Waals surface area contributed by atoms with Crippen molar-refractivity contribution in [2.45, 2.75) is 249 Å². The molecule has 0 radical (unpaired) electrons. The van der Waals surface area contributed by atoms with E-state index < -0.39 is 49.8 Å². The zero-order chi connectivity index (χ0) is 103. The Balaban J connectivity index is 0.000000319. The zero-order valence-corrected chi connectivity index (χ0v) is 80.9. The van der Waals surface area contributed by atoms with Crippen molar-refractivity contribution in [3.05, 3.63) is 333 Å². The maximum Gasteiger partial charge on any atom is 0.340 e. The Morgan fingerprint density at radius 3 is 1.25 bits per heavy atom. The number of nitro groups is 2. The molecule has 11 aromatic rings. The summed E-state index contributed by atoms with van der Waals surface area (Å²) in [6, 6.07) is 39.1. The fourth-order valence-electron chi connectivity index (χ4n) is 13.2. The van der Waals surface area contributed by atoms with E-state index in [9.17, 15) is 57.6 Å². The van der Waals surface area contributed by atoms with E-state index in [1.807, 2.05) is 139 Å². The Kier molecular flexibility index (Phi) is 38.6. The predicted octanol–water partition coefficient (Wildman–Crippen LogP) is 33.7. The lowest BCUT2D eigenvalue weighted by atomic mass is 9.84. The van der Waals surface area contributed by atoms with Gasteiger partial charge in [-0.1, -0.05) is 289 Å². The van der Waals surface area contributed by atoms with Gasteiger partial charge < -0.3 is 23.5 Å². The topological polar surface area (TPSA) is 566 Å². The van der Waals surface area contributed by atoms with E-state index in [-0.39, 0.29) is 94.8 Å². The number of nitro benzene ring substituents is 2. The number of aryl methyl sites for hydroxylation is 1. The lowest BCUT2D eigenvalue weighted by molar-refractivity contribution is -0.385. The second-order valence-corrected chi connectivity index (χ2v) is 39.5. The van der Waals surface area contributed by atoms with Gasteiger partial charge in [0.15, 0.2) is 28.9 Å². The van der Waals surface area contributed by atoms with Crippen LogP contribution in [0.4, 0.5) is 68.7 Å². The number of halogens is 4. The van der Waals surface area contributed by atoms with E-state index in [4.69, 9.17) is 52.0 Å². The number of fused-ring (bicyclic) bond motifs is 3. The van der Waals surface area contributed by atoms with Gasteiger partial charge in [-0.05, 0) is 185 Å². The van der Waals surface area contributed by atoms with E-state index in [0.717, 1.165) is 61.9 Å². The molecule has 36 nitrogen and oxygen atoms in total. The smallest absolute Gasteiger partial charge is 0.340 e. The summed E-state index contributed by atoms with van der Waals surface area (Å²) in [6.45, 7) is 54.9. The van der Waals surface area contributed by atoms with Crippen LogP contribution in [0, 0.1) is 56.3 Å². The number of furan rings is 1. The van der Waals surface area contributed by atoms with Crippen molar-refractivity contribution in [2.75, 3.05) is 0 Å². The van der Waals surface area contributed by atoms with Crippen LogP contribution in [0.5, 0.6) is 11.5 Å². The van der Waals surface area contributed by atoms with E-state index in [1.165, 1.54) is 56.7 Å². The van der Waals surface area contributed by atoms with Crippen LogP contribution in [-0.2, 0) is 43.3 Å². The Labute approximate surface area is 777 Å². The van der Waals surface area contributed by atoms with Crippen molar-refractivity contribution >= 4 is 84.1 Å². The first-order valence-electron chi connectivity index (χ1n) is 41.8. The Bertz CT molecular complexity index is 6650. The molecule has 4 heterocycles. The molecule has 3 aromatic heterocycles. The third-order valence-corrected chi connectivity index (χ3v) is 19.7. The first-order valence-corrected chi connectivity index (χ1v) is 41.8. The summed E-state index contributed by atoms with van der Waals surface area (Å²) in [4.78, 5) is 62.2. The average Bonchev–Trinajstić information content (AvgIpc) is 1.70. The second-order valence-electron chi connectivity index (χ2n) is 39.5. The van der Waals surface area contributed by atoms with E-state index in [0.29, 0.717) is 39.4 Å². The van der Waals surface area contributed by atoms with E-state index in [1.54, 1.807) is 66.9 Å². The highest BCUT2D eigenvalue weighted by molar-refractivity contribution is 5.98. The molecule has 40 heteroatoms. The highest BCUT2D eigenvalue weighted by Gasteiger charge is 2.35. The molecular weight excluding hydrogens is 1740 g/mol. The quantitative estimate of drug-likeness (QED) is 0.0179. The van der Waals surface area contributed by atoms with Gasteiger partial charge in [0.25, 0.3) is 11.4 Å². The van der Waals surface area contributed by atoms with Crippen LogP contribution in [0.25, 0.3) is 106 Å². The number of aromatic hydroxyl groups is 2. The SMILES string of the molecule is CC(C)(C)c1c(F)c(F)c(N=[N+]=[N-])c(F)c1F.CC(C)(C)c1c2occc2cc2ccc(=O)oc12.CC(C)(C)c1ccc(N=[N+]=[N-])c(O)c1.CC(C)(C)c1ccc(N=[N+]=[N-])c([N+](=O)[O-])c1.CC(C)(C)c1ccc(N=[N+]=[N-])cc1.CC(C)(C)c1ccc(N=[N+]=[N-])cc1O.CC(C)(C)c1ccc(N=[N+]=[N-])cc1[N+](=O)[O-].CC(C)CC1(C)N=N1.Cc1c(C(C)(C)C)c(=O)oc2cc(N=[N+]=[N-])ccc12. The summed E-state index contributed by atoms with van der Waals surface area (Å²) in [5, 5.41) is 74.5. The monoisotopic (exact) mass is 1860 g/mol. The summed E-state index contributed by atoms with van der Waals surface area (Å²) in [6.07, 6.45) is 2.77. The van der Waals surface area contributed by atoms with Crippen molar-refractivity contribution in [1.29, 1.82) is 0 Å². The highest BCUT2D eigenvalue weighted by atomic mass is 19.2. The first kappa shape index (κ1) is 112. The second kappa shape index (κ2) is 46.6. The van der Waals surface area contributed by atoms with Gasteiger partial charge in [0, 0.05) is 114 Å². The maximum atomic E-state index is 13.6. The van der Waals surface area contributed by atoms with Gasteiger partial charge >= 0.3 is 11.3 Å². The van der Waals surface area contributed by atoms with Crippen LogP contribution in [0.15, 0.2) is 215 Å². The third kappa shape index (κ3) is 32.8. The van der Waals surface area contributed by atoms with Crippen LogP contribution in [0.3, 0.4) is 0 Å². The van der Waals surface area contributed by atoms with Crippen molar-refractivity contribution in [3.8, 4) is 11.5 Å². The molecule has 0 saturated heterocycles. The summed E-state index contributed by atoms with van der Waals surface area (Å²) in [7, 11) is 0. The number of azide groups is 7. The van der Waals surface area contributed by atoms with Crippen LogP contribution in [-0.4, -0.2) is 25.7 Å². The number of hydrogen-bond acceptors (Lipinski definition) is 20. The number of nitrogens with zero attached hydrogens (tertiary/aromatic N) is 25. The average molecular weight is 1860 g/mol. The minimum absolute atomic E-state index is 0.0163. The summed E-state index contributed by atoms with van der Waals surface area (Å²) in [5.41, 5.74) is 63.8. The molecular formula is C95H113F4N25O11. The fraction of sp³-hybridized carbons (Fsp3) is 0.411. The van der Waals surface area contributed by atoms with Crippen LogP contribution in [0.1, 0.15) is 243 Å². The number of phenols is 2. The third-order valence-electron chi connectivity index (χ3n) is 19.7. The number of benzene rings is 8. The largest absolute Gasteiger partial charge is 0.508 e. The molecule has 135 heavy (non-hydrogen) atoms. The molecule has 8 aromatic carbocycles. The summed E-state index contributed by atoms with van der Waals surface area (Å²) >= 11 is 0. The van der Waals surface area contributed by atoms with Crippen molar-refractivity contribution in [1.82, 2.24) is 0 Å². The van der Waals surface area contributed by atoms with E-state index >= 15 is 0 Å². The van der Waals surface area contributed by atoms with Crippen LogP contribution >= 0.6 is 0 Å². The first-order chi connectivity index (χ1) is 62.3. The number of phenolic OH excluding ortho intramolecular Hbond substituents is 2. The minimum Gasteiger partial charge on any atom is -0.508 e. The van der Waals surface area contributed by atoms with Crippen molar-refractivity contribution < 1.29 is 50.9 Å². The zero-order valence-electron chi connectivity index (χ0n) is 80.9.